The van der Waals surface area contributed by atoms with E-state index >= 15 is 0 Å². The van der Waals surface area contributed by atoms with Crippen LogP contribution < -0.4 is 15.5 Å². The van der Waals surface area contributed by atoms with Crippen LogP contribution in [0.15, 0.2) is 16.6 Å². The summed E-state index contributed by atoms with van der Waals surface area (Å²) >= 11 is 3.56. The lowest BCUT2D eigenvalue weighted by Gasteiger charge is -2.12. The summed E-state index contributed by atoms with van der Waals surface area (Å²) in [5.74, 6) is 0.875. The van der Waals surface area contributed by atoms with Crippen molar-refractivity contribution in [2.24, 2.45) is 4.99 Å². The van der Waals surface area contributed by atoms with E-state index in [1.54, 1.807) is 22.7 Å². The van der Waals surface area contributed by atoms with Crippen molar-refractivity contribution in [1.29, 1.82) is 0 Å². The third kappa shape index (κ3) is 6.17. The third-order valence-corrected chi connectivity index (χ3v) is 6.63. The standard InChI is InChI=1S/C19H30N6S2/c1-3-16-13-23-17(27-16)8-10-22-18(20-4-2)21-9-7-15-14-26-19(24-15)25-11-5-6-12-25/h13-14H,3-12H2,1-2H3,(H2,20,21,22). The van der Waals surface area contributed by atoms with Crippen LogP contribution in [0.2, 0.25) is 0 Å². The Kier molecular flexibility index (Phi) is 7.89. The van der Waals surface area contributed by atoms with Crippen LogP contribution in [-0.4, -0.2) is 48.7 Å². The van der Waals surface area contributed by atoms with Crippen molar-refractivity contribution in [3.8, 4) is 0 Å². The molecule has 8 heteroatoms. The van der Waals surface area contributed by atoms with Gasteiger partial charge in [-0.3, -0.25) is 4.99 Å². The maximum atomic E-state index is 4.78. The lowest BCUT2D eigenvalue weighted by molar-refractivity contribution is 0.787. The van der Waals surface area contributed by atoms with Crippen molar-refractivity contribution in [1.82, 2.24) is 20.6 Å². The highest BCUT2D eigenvalue weighted by molar-refractivity contribution is 7.13. The molecule has 0 saturated carbocycles. The van der Waals surface area contributed by atoms with Crippen molar-refractivity contribution in [2.45, 2.75) is 46.0 Å². The van der Waals surface area contributed by atoms with Gasteiger partial charge >= 0.3 is 0 Å². The van der Waals surface area contributed by atoms with Gasteiger partial charge in [0.05, 0.1) is 10.7 Å². The average Bonchev–Trinajstić information content (AvgIpc) is 3.43. The molecule has 0 aliphatic carbocycles. The fourth-order valence-electron chi connectivity index (χ4n) is 3.01. The lowest BCUT2D eigenvalue weighted by Crippen LogP contribution is -2.38. The molecule has 1 aliphatic rings. The van der Waals surface area contributed by atoms with Gasteiger partial charge in [-0.1, -0.05) is 6.92 Å². The van der Waals surface area contributed by atoms with Crippen molar-refractivity contribution in [3.63, 3.8) is 0 Å². The molecule has 6 nitrogen and oxygen atoms in total. The lowest BCUT2D eigenvalue weighted by atomic mass is 10.3. The van der Waals surface area contributed by atoms with Crippen molar-refractivity contribution in [2.75, 3.05) is 37.6 Å². The van der Waals surface area contributed by atoms with E-state index in [2.05, 4.69) is 44.7 Å². The predicted molar refractivity (Wildman–Crippen MR) is 116 cm³/mol. The monoisotopic (exact) mass is 406 g/mol. The fraction of sp³-hybridized carbons (Fsp3) is 0.632. The molecule has 0 aromatic carbocycles. The Morgan fingerprint density at radius 1 is 1.22 bits per heavy atom. The Morgan fingerprint density at radius 3 is 2.81 bits per heavy atom. The Bertz CT molecular complexity index is 717. The quantitative estimate of drug-likeness (QED) is 0.495. The summed E-state index contributed by atoms with van der Waals surface area (Å²) in [6.45, 7) is 9.02. The largest absolute Gasteiger partial charge is 0.357 e. The Labute approximate surface area is 170 Å². The molecule has 148 valence electrons. The molecule has 0 spiro atoms. The van der Waals surface area contributed by atoms with Gasteiger partial charge in [0.2, 0.25) is 0 Å². The van der Waals surface area contributed by atoms with Crippen LogP contribution in [0.1, 0.15) is 42.3 Å². The highest BCUT2D eigenvalue weighted by Crippen LogP contribution is 2.24. The molecule has 3 rings (SSSR count). The van der Waals surface area contributed by atoms with Crippen molar-refractivity contribution < 1.29 is 0 Å². The molecule has 2 N–H and O–H groups in total. The summed E-state index contributed by atoms with van der Waals surface area (Å²) in [6, 6.07) is 0. The second-order valence-corrected chi connectivity index (χ2v) is 8.61. The minimum Gasteiger partial charge on any atom is -0.357 e. The summed E-state index contributed by atoms with van der Waals surface area (Å²) in [7, 11) is 0. The first kappa shape index (κ1) is 20.1. The molecule has 0 atom stereocenters. The van der Waals surface area contributed by atoms with Gasteiger partial charge in [0.1, 0.15) is 0 Å². The molecule has 2 aromatic heterocycles. The zero-order chi connectivity index (χ0) is 18.9. The predicted octanol–water partition coefficient (Wildman–Crippen LogP) is 3.10. The second kappa shape index (κ2) is 10.6. The number of aryl methyl sites for hydroxylation is 1. The molecular formula is C19H30N6S2. The number of aromatic nitrogens is 2. The molecule has 3 heterocycles. The third-order valence-electron chi connectivity index (χ3n) is 4.48. The van der Waals surface area contributed by atoms with Gasteiger partial charge in [-0.2, -0.15) is 0 Å². The molecule has 0 radical (unpaired) electrons. The smallest absolute Gasteiger partial charge is 0.191 e. The van der Waals surface area contributed by atoms with Gasteiger partial charge in [-0.05, 0) is 26.2 Å². The first-order valence-corrected chi connectivity index (χ1v) is 11.6. The van der Waals surface area contributed by atoms with E-state index in [4.69, 9.17) is 4.98 Å². The van der Waals surface area contributed by atoms with Crippen LogP contribution in [0.3, 0.4) is 0 Å². The fourth-order valence-corrected chi connectivity index (χ4v) is 4.77. The molecule has 1 aliphatic heterocycles. The Balaban J connectivity index is 1.43. The summed E-state index contributed by atoms with van der Waals surface area (Å²) in [5.41, 5.74) is 1.17. The number of guanidine groups is 1. The number of anilines is 1. The molecule has 0 amide bonds. The Morgan fingerprint density at radius 2 is 2.07 bits per heavy atom. The van der Waals surface area contributed by atoms with Gasteiger partial charge in [0, 0.05) is 62.0 Å². The van der Waals surface area contributed by atoms with Crippen LogP contribution in [0.25, 0.3) is 0 Å². The topological polar surface area (TPSA) is 65.4 Å². The number of hydrogen-bond donors (Lipinski definition) is 2. The van der Waals surface area contributed by atoms with Gasteiger partial charge in [0.25, 0.3) is 0 Å². The molecule has 1 saturated heterocycles. The SMILES string of the molecule is CCNC(=NCCc1ncc(CC)s1)NCCc1csc(N2CCCC2)n1. The molecule has 27 heavy (non-hydrogen) atoms. The Hall–Kier alpha value is -1.67. The van der Waals surface area contributed by atoms with E-state index in [9.17, 15) is 0 Å². The van der Waals surface area contributed by atoms with Crippen LogP contribution in [0, 0.1) is 0 Å². The number of nitrogens with one attached hydrogen (secondary N) is 2. The summed E-state index contributed by atoms with van der Waals surface area (Å²) in [4.78, 5) is 17.7. The van der Waals surface area contributed by atoms with E-state index in [1.807, 2.05) is 6.20 Å². The van der Waals surface area contributed by atoms with Gasteiger partial charge in [0.15, 0.2) is 11.1 Å². The first-order valence-electron chi connectivity index (χ1n) is 9.93. The number of aliphatic imine (C=N–C) groups is 1. The summed E-state index contributed by atoms with van der Waals surface area (Å²) < 4.78 is 0. The summed E-state index contributed by atoms with van der Waals surface area (Å²) in [6.07, 6.45) is 7.44. The normalized spacial score (nSPS) is 14.7. The average molecular weight is 407 g/mol. The number of rotatable bonds is 9. The van der Waals surface area contributed by atoms with Gasteiger partial charge < -0.3 is 15.5 Å². The van der Waals surface area contributed by atoms with Crippen LogP contribution >= 0.6 is 22.7 Å². The first-order chi connectivity index (χ1) is 13.3. The number of thiazole rings is 2. The molecule has 1 fully saturated rings. The molecule has 2 aromatic rings. The van der Waals surface area contributed by atoms with Crippen LogP contribution in [-0.2, 0) is 19.3 Å². The van der Waals surface area contributed by atoms with Gasteiger partial charge in [-0.25, -0.2) is 9.97 Å². The second-order valence-electron chi connectivity index (χ2n) is 6.58. The highest BCUT2D eigenvalue weighted by Gasteiger charge is 2.15. The van der Waals surface area contributed by atoms with Crippen molar-refractivity contribution >= 4 is 33.8 Å². The van der Waals surface area contributed by atoms with E-state index in [0.29, 0.717) is 0 Å². The van der Waals surface area contributed by atoms with Crippen LogP contribution in [0.4, 0.5) is 5.13 Å². The molecular weight excluding hydrogens is 376 g/mol. The van der Waals surface area contributed by atoms with E-state index in [0.717, 1.165) is 57.9 Å². The van der Waals surface area contributed by atoms with E-state index in [1.165, 1.54) is 33.6 Å². The zero-order valence-corrected chi connectivity index (χ0v) is 18.0. The molecule has 0 unspecified atom stereocenters. The van der Waals surface area contributed by atoms with Gasteiger partial charge in [-0.15, -0.1) is 22.7 Å². The minimum absolute atomic E-state index is 0.752. The maximum absolute atomic E-state index is 4.78. The summed E-state index contributed by atoms with van der Waals surface area (Å²) in [5, 5.41) is 11.3. The van der Waals surface area contributed by atoms with Crippen molar-refractivity contribution in [3.05, 3.63) is 27.2 Å². The highest BCUT2D eigenvalue weighted by atomic mass is 32.1. The van der Waals surface area contributed by atoms with Crippen LogP contribution in [0.5, 0.6) is 0 Å². The number of nitrogens with zero attached hydrogens (tertiary/aromatic N) is 4. The van der Waals surface area contributed by atoms with E-state index in [-0.39, 0.29) is 0 Å². The molecule has 0 bridgehead atoms. The zero-order valence-electron chi connectivity index (χ0n) is 16.3. The maximum Gasteiger partial charge on any atom is 0.191 e. The minimum atomic E-state index is 0.752. The van der Waals surface area contributed by atoms with E-state index < -0.39 is 0 Å². The number of hydrogen-bond acceptors (Lipinski definition) is 6.